The quantitative estimate of drug-likeness (QED) is 0.747. The van der Waals surface area contributed by atoms with Gasteiger partial charge in [-0.1, -0.05) is 35.0 Å². The van der Waals surface area contributed by atoms with Crippen molar-refractivity contribution >= 4 is 21.6 Å². The van der Waals surface area contributed by atoms with E-state index in [2.05, 4.69) is 54.2 Å². The first-order valence-corrected chi connectivity index (χ1v) is 7.59. The van der Waals surface area contributed by atoms with Gasteiger partial charge >= 0.3 is 0 Å². The first kappa shape index (κ1) is 15.0. The maximum atomic E-state index is 13.0. The number of aryl methyl sites for hydroxylation is 2. The average molecular weight is 336 g/mol. The van der Waals surface area contributed by atoms with E-state index in [1.165, 1.54) is 23.3 Å². The zero-order valence-electron chi connectivity index (χ0n) is 12.0. The van der Waals surface area contributed by atoms with E-state index < -0.39 is 0 Å². The molecular weight excluding hydrogens is 317 g/mol. The molecule has 0 heterocycles. The Morgan fingerprint density at radius 1 is 1.10 bits per heavy atom. The Labute approximate surface area is 128 Å². The van der Waals surface area contributed by atoms with Crippen LogP contribution >= 0.6 is 15.9 Å². The van der Waals surface area contributed by atoms with Gasteiger partial charge in [-0.05, 0) is 61.2 Å². The number of benzene rings is 2. The maximum absolute atomic E-state index is 13.0. The molecule has 106 valence electrons. The Balaban J connectivity index is 2.24. The number of hydrogen-bond acceptors (Lipinski definition) is 1. The lowest BCUT2D eigenvalue weighted by Crippen LogP contribution is -2.10. The normalized spacial score (nSPS) is 12.2. The van der Waals surface area contributed by atoms with Gasteiger partial charge in [0.05, 0.1) is 6.04 Å². The first-order valence-electron chi connectivity index (χ1n) is 6.80. The van der Waals surface area contributed by atoms with Crippen LogP contribution < -0.4 is 5.32 Å². The summed E-state index contributed by atoms with van der Waals surface area (Å²) >= 11 is 3.58. The molecule has 0 fully saturated rings. The second kappa shape index (κ2) is 6.40. The molecule has 0 aromatic heterocycles. The van der Waals surface area contributed by atoms with E-state index in [9.17, 15) is 4.39 Å². The highest BCUT2D eigenvalue weighted by Crippen LogP contribution is 2.28. The molecule has 0 radical (unpaired) electrons. The topological polar surface area (TPSA) is 12.0 Å². The van der Waals surface area contributed by atoms with E-state index in [1.54, 1.807) is 0 Å². The Hall–Kier alpha value is -1.35. The number of nitrogens with one attached hydrogen (secondary N) is 1. The molecule has 1 unspecified atom stereocenters. The highest BCUT2D eigenvalue weighted by molar-refractivity contribution is 9.10. The van der Waals surface area contributed by atoms with Crippen LogP contribution in [0.25, 0.3) is 0 Å². The predicted octanol–water partition coefficient (Wildman–Crippen LogP) is 5.77. The van der Waals surface area contributed by atoms with Gasteiger partial charge in [-0.25, -0.2) is 4.39 Å². The van der Waals surface area contributed by atoms with Crippen molar-refractivity contribution in [2.75, 3.05) is 5.32 Å². The first-order chi connectivity index (χ1) is 9.51. The second-order valence-corrected chi connectivity index (χ2v) is 5.87. The number of hydrogen-bond donors (Lipinski definition) is 1. The summed E-state index contributed by atoms with van der Waals surface area (Å²) in [5.41, 5.74) is 4.62. The van der Waals surface area contributed by atoms with Crippen LogP contribution in [-0.2, 0) is 0 Å². The minimum Gasteiger partial charge on any atom is -0.378 e. The van der Waals surface area contributed by atoms with E-state index in [1.807, 2.05) is 12.1 Å². The SMILES string of the molecule is CCC(Nc1cc(C)c(Br)c(C)c1)c1ccc(F)cc1. The zero-order valence-corrected chi connectivity index (χ0v) is 13.6. The fourth-order valence-corrected chi connectivity index (χ4v) is 2.58. The van der Waals surface area contributed by atoms with Crippen LogP contribution in [0, 0.1) is 19.7 Å². The smallest absolute Gasteiger partial charge is 0.123 e. The number of anilines is 1. The molecule has 0 bridgehead atoms. The Morgan fingerprint density at radius 2 is 1.65 bits per heavy atom. The molecule has 0 saturated carbocycles. The van der Waals surface area contributed by atoms with Crippen molar-refractivity contribution < 1.29 is 4.39 Å². The molecule has 2 rings (SSSR count). The van der Waals surface area contributed by atoms with Gasteiger partial charge in [-0.2, -0.15) is 0 Å². The molecule has 0 saturated heterocycles. The lowest BCUT2D eigenvalue weighted by atomic mass is 10.0. The summed E-state index contributed by atoms with van der Waals surface area (Å²) in [5, 5.41) is 3.53. The molecule has 0 amide bonds. The Bertz CT molecular complexity index is 569. The van der Waals surface area contributed by atoms with Gasteiger partial charge in [-0.15, -0.1) is 0 Å². The molecule has 0 aliphatic rings. The molecule has 0 aliphatic carbocycles. The van der Waals surface area contributed by atoms with Gasteiger partial charge < -0.3 is 5.32 Å². The highest BCUT2D eigenvalue weighted by Gasteiger charge is 2.10. The summed E-state index contributed by atoms with van der Waals surface area (Å²) in [5.74, 6) is -0.195. The third kappa shape index (κ3) is 3.40. The van der Waals surface area contributed by atoms with E-state index in [0.717, 1.165) is 22.1 Å². The molecule has 2 aromatic carbocycles. The van der Waals surface area contributed by atoms with Crippen LogP contribution in [0.5, 0.6) is 0 Å². The number of rotatable bonds is 4. The minimum absolute atomic E-state index is 0.190. The summed E-state index contributed by atoms with van der Waals surface area (Å²) < 4.78 is 14.2. The molecule has 0 aliphatic heterocycles. The van der Waals surface area contributed by atoms with Crippen molar-refractivity contribution in [3.05, 3.63) is 63.4 Å². The average Bonchev–Trinajstić information content (AvgIpc) is 2.43. The van der Waals surface area contributed by atoms with Crippen LogP contribution in [0.2, 0.25) is 0 Å². The van der Waals surface area contributed by atoms with E-state index in [0.29, 0.717) is 0 Å². The molecule has 2 aromatic rings. The summed E-state index contributed by atoms with van der Waals surface area (Å²) in [6.07, 6.45) is 0.944. The fraction of sp³-hybridized carbons (Fsp3) is 0.294. The molecule has 0 spiro atoms. The third-order valence-corrected chi connectivity index (χ3v) is 4.71. The molecule has 3 heteroatoms. The summed E-state index contributed by atoms with van der Waals surface area (Å²) in [6, 6.07) is 11.2. The Morgan fingerprint density at radius 3 is 2.15 bits per heavy atom. The van der Waals surface area contributed by atoms with Crippen molar-refractivity contribution in [3.8, 4) is 0 Å². The zero-order chi connectivity index (χ0) is 14.7. The molecule has 1 atom stereocenters. The van der Waals surface area contributed by atoms with Gasteiger partial charge in [0, 0.05) is 10.2 Å². The summed E-state index contributed by atoms with van der Waals surface area (Å²) in [7, 11) is 0. The van der Waals surface area contributed by atoms with Crippen LogP contribution in [0.4, 0.5) is 10.1 Å². The monoisotopic (exact) mass is 335 g/mol. The maximum Gasteiger partial charge on any atom is 0.123 e. The lowest BCUT2D eigenvalue weighted by molar-refractivity contribution is 0.625. The van der Waals surface area contributed by atoms with Crippen LogP contribution in [0.15, 0.2) is 40.9 Å². The van der Waals surface area contributed by atoms with E-state index in [4.69, 9.17) is 0 Å². The van der Waals surface area contributed by atoms with Gasteiger partial charge in [0.1, 0.15) is 5.82 Å². The molecule has 20 heavy (non-hydrogen) atoms. The van der Waals surface area contributed by atoms with Crippen molar-refractivity contribution in [2.45, 2.75) is 33.2 Å². The van der Waals surface area contributed by atoms with Crippen molar-refractivity contribution in [2.24, 2.45) is 0 Å². The fourth-order valence-electron chi connectivity index (χ4n) is 2.35. The molecule has 1 nitrogen and oxygen atoms in total. The third-order valence-electron chi connectivity index (χ3n) is 3.46. The highest BCUT2D eigenvalue weighted by atomic mass is 79.9. The predicted molar refractivity (Wildman–Crippen MR) is 86.7 cm³/mol. The number of halogens is 2. The lowest BCUT2D eigenvalue weighted by Gasteiger charge is -2.20. The molecule has 1 N–H and O–H groups in total. The Kier molecular flexibility index (Phi) is 4.81. The summed E-state index contributed by atoms with van der Waals surface area (Å²) in [4.78, 5) is 0. The van der Waals surface area contributed by atoms with Gasteiger partial charge in [0.15, 0.2) is 0 Å². The van der Waals surface area contributed by atoms with Crippen LogP contribution in [0.1, 0.15) is 36.1 Å². The van der Waals surface area contributed by atoms with Crippen molar-refractivity contribution in [3.63, 3.8) is 0 Å². The van der Waals surface area contributed by atoms with Crippen molar-refractivity contribution in [1.82, 2.24) is 0 Å². The van der Waals surface area contributed by atoms with Gasteiger partial charge in [-0.3, -0.25) is 0 Å². The minimum atomic E-state index is -0.195. The van der Waals surface area contributed by atoms with Crippen LogP contribution in [-0.4, -0.2) is 0 Å². The van der Waals surface area contributed by atoms with E-state index in [-0.39, 0.29) is 11.9 Å². The van der Waals surface area contributed by atoms with Gasteiger partial charge in [0.2, 0.25) is 0 Å². The van der Waals surface area contributed by atoms with E-state index >= 15 is 0 Å². The molecular formula is C17H19BrFN. The van der Waals surface area contributed by atoms with Crippen molar-refractivity contribution in [1.29, 1.82) is 0 Å². The van der Waals surface area contributed by atoms with Crippen LogP contribution in [0.3, 0.4) is 0 Å². The van der Waals surface area contributed by atoms with Gasteiger partial charge in [0.25, 0.3) is 0 Å². The second-order valence-electron chi connectivity index (χ2n) is 5.08. The largest absolute Gasteiger partial charge is 0.378 e. The summed E-state index contributed by atoms with van der Waals surface area (Å²) in [6.45, 7) is 6.29. The standard InChI is InChI=1S/C17H19BrFN/c1-4-16(13-5-7-14(19)8-6-13)20-15-9-11(2)17(18)12(3)10-15/h5-10,16,20H,4H2,1-3H3.